The zero-order valence-corrected chi connectivity index (χ0v) is 17.6. The molecule has 0 aliphatic rings. The van der Waals surface area contributed by atoms with Gasteiger partial charge in [-0.3, -0.25) is 19.3 Å². The second kappa shape index (κ2) is 9.80. The van der Waals surface area contributed by atoms with E-state index >= 15 is 0 Å². The van der Waals surface area contributed by atoms with Crippen molar-refractivity contribution in [1.29, 1.82) is 0 Å². The van der Waals surface area contributed by atoms with Crippen molar-refractivity contribution in [2.24, 2.45) is 5.73 Å². The fourth-order valence-corrected chi connectivity index (χ4v) is 4.04. The van der Waals surface area contributed by atoms with E-state index in [-0.39, 0.29) is 45.2 Å². The molecule has 1 aromatic rings. The molecule has 1 radical (unpaired) electrons. The van der Waals surface area contributed by atoms with Gasteiger partial charge in [-0.25, -0.2) is 14.6 Å². The van der Waals surface area contributed by atoms with E-state index in [0.29, 0.717) is 0 Å². The van der Waals surface area contributed by atoms with Crippen LogP contribution >= 0.6 is 11.6 Å². The maximum absolute atomic E-state index is 12.0. The van der Waals surface area contributed by atoms with Crippen LogP contribution in [0, 0.1) is 0 Å². The van der Waals surface area contributed by atoms with Gasteiger partial charge in [0.1, 0.15) is 10.9 Å². The molecule has 141 valence electrons. The quantitative estimate of drug-likeness (QED) is 0.245. The number of rotatable bonds is 6. The normalized spacial score (nSPS) is 12.6. The molecule has 1 atom stereocenters. The zero-order chi connectivity index (χ0) is 19.4. The van der Waals surface area contributed by atoms with Gasteiger partial charge < -0.3 is 5.73 Å². The first-order valence-electron chi connectivity index (χ1n) is 6.18. The minimum absolute atomic E-state index is 0. The molecule has 0 aromatic carbocycles. The van der Waals surface area contributed by atoms with Crippen LogP contribution in [0.4, 0.5) is 9.59 Å². The summed E-state index contributed by atoms with van der Waals surface area (Å²) in [6.45, 7) is -0.608. The predicted molar refractivity (Wildman–Crippen MR) is 90.4 cm³/mol. The number of aromatic nitrogens is 1. The number of halogens is 1. The third-order valence-corrected chi connectivity index (χ3v) is 4.96. The molecule has 0 bridgehead atoms. The molecule has 0 aliphatic carbocycles. The number of nitrogens with one attached hydrogen (secondary N) is 1. The summed E-state index contributed by atoms with van der Waals surface area (Å²) in [6, 6.07) is -0.153. The molecular weight excluding hydrogens is 427 g/mol. The Morgan fingerprint density at radius 3 is 2.23 bits per heavy atom. The molecule has 0 aliphatic heterocycles. The Kier molecular flexibility index (Phi) is 9.42. The summed E-state index contributed by atoms with van der Waals surface area (Å²) in [5, 5.41) is -0.794. The summed E-state index contributed by atoms with van der Waals surface area (Å²) in [5.41, 5.74) is 4.95. The minimum Gasteiger partial charge on any atom is -0.351 e. The smallest absolute Gasteiger partial charge is 0.326 e. The summed E-state index contributed by atoms with van der Waals surface area (Å²) in [7, 11) is -10.1. The molecular formula is C10H13ClN4NaO8S2. The van der Waals surface area contributed by atoms with Gasteiger partial charge in [0.05, 0.1) is 6.54 Å². The van der Waals surface area contributed by atoms with Crippen LogP contribution in [0.1, 0.15) is 5.56 Å². The Morgan fingerprint density at radius 2 is 1.85 bits per heavy atom. The summed E-state index contributed by atoms with van der Waals surface area (Å²) in [5.74, 6) is -1.54. The van der Waals surface area contributed by atoms with Crippen LogP contribution in [-0.4, -0.2) is 88.6 Å². The Balaban J connectivity index is 0.00000625. The molecule has 0 spiro atoms. The number of urea groups is 2. The Hall–Kier alpha value is -1.000. The largest absolute Gasteiger partial charge is 0.351 e. The van der Waals surface area contributed by atoms with E-state index in [0.717, 1.165) is 6.20 Å². The van der Waals surface area contributed by atoms with E-state index in [1.165, 1.54) is 12.1 Å². The van der Waals surface area contributed by atoms with Crippen molar-refractivity contribution in [1.82, 2.24) is 15.2 Å². The van der Waals surface area contributed by atoms with Crippen molar-refractivity contribution in [3.05, 3.63) is 29.0 Å². The van der Waals surface area contributed by atoms with Gasteiger partial charge in [0.2, 0.25) is 0 Å². The van der Waals surface area contributed by atoms with E-state index in [1.807, 2.05) is 0 Å². The van der Waals surface area contributed by atoms with Gasteiger partial charge in [0.25, 0.3) is 20.2 Å². The average molecular weight is 440 g/mol. The summed E-state index contributed by atoms with van der Waals surface area (Å²) < 4.78 is 63.2. The minimum atomic E-state index is -5.18. The van der Waals surface area contributed by atoms with Gasteiger partial charge in [0, 0.05) is 35.8 Å². The molecule has 4 amide bonds. The fourth-order valence-electron chi connectivity index (χ4n) is 1.70. The third-order valence-electron chi connectivity index (χ3n) is 2.68. The second-order valence-corrected chi connectivity index (χ2v) is 8.09. The van der Waals surface area contributed by atoms with Crippen LogP contribution in [0.5, 0.6) is 0 Å². The number of primary amides is 1. The Bertz CT molecular complexity index is 862. The number of nitrogens with two attached hydrogens (primary N) is 1. The summed E-state index contributed by atoms with van der Waals surface area (Å²) >= 11 is 5.59. The van der Waals surface area contributed by atoms with E-state index in [4.69, 9.17) is 21.9 Å². The number of hydrogen-bond donors (Lipinski definition) is 4. The first-order valence-corrected chi connectivity index (χ1v) is 9.67. The maximum atomic E-state index is 12.0. The van der Waals surface area contributed by atoms with Crippen LogP contribution in [-0.2, 0) is 26.8 Å². The molecule has 12 nitrogen and oxygen atoms in total. The standard InChI is InChI=1S/C10H13ClN4O8S2.Na/c11-7-2-1-6(3-13-7)4-15(10(17)14-9(12)16)8(25(21,22)23)5-24(18,19)20;/h1-3,8H,4-5H2,(H,18,19,20)(H,21,22,23)(H3,12,14,16,17);. The third kappa shape index (κ3) is 8.59. The number of pyridine rings is 1. The Morgan fingerprint density at radius 1 is 1.27 bits per heavy atom. The molecule has 0 saturated carbocycles. The van der Waals surface area contributed by atoms with Gasteiger partial charge in [0.15, 0.2) is 5.37 Å². The van der Waals surface area contributed by atoms with E-state index in [2.05, 4.69) is 4.98 Å². The first kappa shape index (κ1) is 25.0. The van der Waals surface area contributed by atoms with Crippen molar-refractivity contribution in [2.75, 3.05) is 5.75 Å². The fraction of sp³-hybridized carbons (Fsp3) is 0.300. The second-order valence-electron chi connectivity index (χ2n) is 4.63. The van der Waals surface area contributed by atoms with Gasteiger partial charge in [-0.1, -0.05) is 17.7 Å². The van der Waals surface area contributed by atoms with E-state index in [9.17, 15) is 31.0 Å². The molecule has 16 heteroatoms. The van der Waals surface area contributed by atoms with E-state index in [1.54, 1.807) is 5.32 Å². The maximum Gasteiger partial charge on any atom is 0.326 e. The van der Waals surface area contributed by atoms with Crippen LogP contribution in [0.15, 0.2) is 18.3 Å². The SMILES string of the molecule is NC(=O)NC(=O)N(Cc1ccc(Cl)nc1)C(CS(=O)(=O)O)S(=O)(=O)O.[Na]. The number of nitrogens with zero attached hydrogens (tertiary/aromatic N) is 2. The molecule has 1 unspecified atom stereocenters. The van der Waals surface area contributed by atoms with Crippen molar-refractivity contribution in [3.63, 3.8) is 0 Å². The number of amides is 4. The van der Waals surface area contributed by atoms with Crippen molar-refractivity contribution < 1.29 is 35.5 Å². The van der Waals surface area contributed by atoms with Crippen LogP contribution < -0.4 is 11.1 Å². The van der Waals surface area contributed by atoms with Crippen molar-refractivity contribution >= 4 is 73.5 Å². The van der Waals surface area contributed by atoms with Crippen LogP contribution in [0.3, 0.4) is 0 Å². The number of carbonyl (C=O) groups is 2. The van der Waals surface area contributed by atoms with Gasteiger partial charge in [-0.05, 0) is 11.6 Å². The number of imide groups is 1. The first-order chi connectivity index (χ1) is 11.3. The van der Waals surface area contributed by atoms with Gasteiger partial charge in [-0.15, -0.1) is 0 Å². The van der Waals surface area contributed by atoms with Crippen LogP contribution in [0.2, 0.25) is 5.15 Å². The van der Waals surface area contributed by atoms with Crippen LogP contribution in [0.25, 0.3) is 0 Å². The summed E-state index contributed by atoms with van der Waals surface area (Å²) in [4.78, 5) is 26.8. The molecule has 0 fully saturated rings. The number of hydrogen-bond acceptors (Lipinski definition) is 7. The van der Waals surface area contributed by atoms with Crippen molar-refractivity contribution in [2.45, 2.75) is 11.9 Å². The molecule has 1 aromatic heterocycles. The molecule has 1 heterocycles. The number of carbonyl (C=O) groups excluding carboxylic acids is 2. The van der Waals surface area contributed by atoms with Crippen molar-refractivity contribution in [3.8, 4) is 0 Å². The zero-order valence-electron chi connectivity index (χ0n) is 13.2. The molecule has 5 N–H and O–H groups in total. The summed E-state index contributed by atoms with van der Waals surface area (Å²) in [6.07, 6.45) is 1.14. The van der Waals surface area contributed by atoms with Gasteiger partial charge in [-0.2, -0.15) is 16.8 Å². The molecule has 26 heavy (non-hydrogen) atoms. The predicted octanol–water partition coefficient (Wildman–Crippen LogP) is -0.954. The monoisotopic (exact) mass is 439 g/mol. The Labute approximate surface area is 175 Å². The topological polar surface area (TPSA) is 197 Å². The van der Waals surface area contributed by atoms with E-state index < -0.39 is 50.0 Å². The average Bonchev–Trinajstić information content (AvgIpc) is 2.41. The molecule has 0 saturated heterocycles. The van der Waals surface area contributed by atoms with Gasteiger partial charge >= 0.3 is 12.1 Å². The molecule has 1 rings (SSSR count).